The molecule has 0 fully saturated rings. The molecule has 0 aliphatic rings. The predicted octanol–water partition coefficient (Wildman–Crippen LogP) is 4.31. The lowest BCUT2D eigenvalue weighted by atomic mass is 10.2. The molecule has 2 heterocycles. The molecular formula is C17H13N3O2S2. The second-order valence-corrected chi connectivity index (χ2v) is 6.23. The third kappa shape index (κ3) is 3.76. The molecule has 0 bridgehead atoms. The first kappa shape index (κ1) is 16.1. The van der Waals surface area contributed by atoms with Crippen molar-refractivity contribution in [2.24, 2.45) is 0 Å². The molecule has 0 saturated carbocycles. The minimum Gasteiger partial charge on any atom is -0.352 e. The third-order valence-electron chi connectivity index (χ3n) is 3.21. The number of H-pyrrole nitrogens is 1. The second kappa shape index (κ2) is 7.20. The number of carbonyl (C=O) groups excluding carboxylic acids is 2. The summed E-state index contributed by atoms with van der Waals surface area (Å²) in [6, 6.07) is 13.9. The van der Waals surface area contributed by atoms with Gasteiger partial charge in [0.05, 0.1) is 10.4 Å². The SMILES string of the molecule is O=C(Nc1ccc(NC(=O)c2ccc[nH]c2=S)cc1)c1cccs1. The lowest BCUT2D eigenvalue weighted by molar-refractivity contribution is 0.101. The Morgan fingerprint density at radius 1 is 0.917 bits per heavy atom. The Bertz CT molecular complexity index is 916. The highest BCUT2D eigenvalue weighted by molar-refractivity contribution is 7.71. The minimum absolute atomic E-state index is 0.155. The summed E-state index contributed by atoms with van der Waals surface area (Å²) in [4.78, 5) is 27.6. The molecule has 0 spiro atoms. The van der Waals surface area contributed by atoms with Gasteiger partial charge in [0.2, 0.25) is 0 Å². The van der Waals surface area contributed by atoms with Crippen LogP contribution >= 0.6 is 23.6 Å². The number of carbonyl (C=O) groups is 2. The van der Waals surface area contributed by atoms with Gasteiger partial charge in [-0.2, -0.15) is 0 Å². The van der Waals surface area contributed by atoms with Gasteiger partial charge in [0.15, 0.2) is 0 Å². The van der Waals surface area contributed by atoms with Gasteiger partial charge in [0.1, 0.15) is 4.64 Å². The summed E-state index contributed by atoms with van der Waals surface area (Å²) in [5, 5.41) is 7.42. The van der Waals surface area contributed by atoms with Gasteiger partial charge in [-0.15, -0.1) is 11.3 Å². The Hall–Kier alpha value is -2.77. The fourth-order valence-corrected chi connectivity index (χ4v) is 2.88. The van der Waals surface area contributed by atoms with Crippen LogP contribution in [-0.4, -0.2) is 16.8 Å². The summed E-state index contributed by atoms with van der Waals surface area (Å²) >= 11 is 6.47. The fourth-order valence-electron chi connectivity index (χ4n) is 2.04. The predicted molar refractivity (Wildman–Crippen MR) is 98.3 cm³/mol. The van der Waals surface area contributed by atoms with Crippen LogP contribution in [0.3, 0.4) is 0 Å². The smallest absolute Gasteiger partial charge is 0.265 e. The maximum absolute atomic E-state index is 12.2. The van der Waals surface area contributed by atoms with Crippen LogP contribution in [0.1, 0.15) is 20.0 Å². The van der Waals surface area contributed by atoms with E-state index in [1.807, 2.05) is 11.4 Å². The van der Waals surface area contributed by atoms with Crippen LogP contribution in [0, 0.1) is 4.64 Å². The van der Waals surface area contributed by atoms with Crippen LogP contribution in [0.4, 0.5) is 11.4 Å². The van der Waals surface area contributed by atoms with E-state index in [4.69, 9.17) is 12.2 Å². The largest absolute Gasteiger partial charge is 0.352 e. The second-order valence-electron chi connectivity index (χ2n) is 4.88. The molecule has 0 unspecified atom stereocenters. The van der Waals surface area contributed by atoms with Gasteiger partial charge in [-0.3, -0.25) is 9.59 Å². The lowest BCUT2D eigenvalue weighted by Crippen LogP contribution is -2.13. The molecule has 0 atom stereocenters. The molecule has 24 heavy (non-hydrogen) atoms. The highest BCUT2D eigenvalue weighted by atomic mass is 32.1. The normalized spacial score (nSPS) is 10.2. The van der Waals surface area contributed by atoms with Crippen molar-refractivity contribution in [1.82, 2.24) is 4.98 Å². The molecule has 0 aliphatic carbocycles. The molecule has 0 radical (unpaired) electrons. The van der Waals surface area contributed by atoms with Gasteiger partial charge < -0.3 is 15.6 Å². The molecule has 120 valence electrons. The Balaban J connectivity index is 1.66. The van der Waals surface area contributed by atoms with E-state index in [9.17, 15) is 9.59 Å². The average Bonchev–Trinajstić information content (AvgIpc) is 3.11. The van der Waals surface area contributed by atoms with Crippen molar-refractivity contribution in [2.75, 3.05) is 10.6 Å². The first-order valence-electron chi connectivity index (χ1n) is 7.07. The Labute approximate surface area is 147 Å². The zero-order valence-corrected chi connectivity index (χ0v) is 14.0. The van der Waals surface area contributed by atoms with E-state index in [1.54, 1.807) is 48.7 Å². The van der Waals surface area contributed by atoms with Crippen LogP contribution in [0.5, 0.6) is 0 Å². The molecule has 5 nitrogen and oxygen atoms in total. The average molecular weight is 355 g/mol. The number of thiophene rings is 1. The zero-order chi connectivity index (χ0) is 16.9. The van der Waals surface area contributed by atoms with Crippen molar-refractivity contribution in [3.05, 3.63) is 75.2 Å². The maximum Gasteiger partial charge on any atom is 0.265 e. The van der Waals surface area contributed by atoms with E-state index in [-0.39, 0.29) is 11.8 Å². The molecular weight excluding hydrogens is 342 g/mol. The van der Waals surface area contributed by atoms with E-state index >= 15 is 0 Å². The Morgan fingerprint density at radius 3 is 2.17 bits per heavy atom. The highest BCUT2D eigenvalue weighted by Gasteiger charge is 2.09. The molecule has 0 saturated heterocycles. The summed E-state index contributed by atoms with van der Waals surface area (Å²) in [7, 11) is 0. The van der Waals surface area contributed by atoms with Crippen molar-refractivity contribution in [1.29, 1.82) is 0 Å². The summed E-state index contributed by atoms with van der Waals surface area (Å²) in [5.74, 6) is -0.440. The van der Waals surface area contributed by atoms with Crippen LogP contribution < -0.4 is 10.6 Å². The summed E-state index contributed by atoms with van der Waals surface area (Å²) in [6.45, 7) is 0. The van der Waals surface area contributed by atoms with Crippen LogP contribution in [-0.2, 0) is 0 Å². The van der Waals surface area contributed by atoms with Crippen molar-refractivity contribution in [3.8, 4) is 0 Å². The van der Waals surface area contributed by atoms with Crippen molar-refractivity contribution < 1.29 is 9.59 Å². The molecule has 1 aromatic carbocycles. The number of anilines is 2. The summed E-state index contributed by atoms with van der Waals surface area (Å²) in [5.41, 5.74) is 1.68. The number of nitrogens with one attached hydrogen (secondary N) is 3. The number of aromatic amines is 1. The number of hydrogen-bond acceptors (Lipinski definition) is 4. The standard InChI is InChI=1S/C17H13N3O2S2/c21-15(13-3-1-9-18-17(13)23)19-11-5-7-12(8-6-11)20-16(22)14-4-2-10-24-14/h1-10H,(H,18,23)(H,19,21)(H,20,22). The van der Waals surface area contributed by atoms with Gasteiger partial charge in [-0.05, 0) is 47.8 Å². The Morgan fingerprint density at radius 2 is 1.58 bits per heavy atom. The number of aromatic nitrogens is 1. The van der Waals surface area contributed by atoms with Gasteiger partial charge in [0.25, 0.3) is 11.8 Å². The van der Waals surface area contributed by atoms with Crippen molar-refractivity contribution >= 4 is 46.7 Å². The van der Waals surface area contributed by atoms with E-state index in [1.165, 1.54) is 11.3 Å². The lowest BCUT2D eigenvalue weighted by Gasteiger charge is -2.07. The van der Waals surface area contributed by atoms with Crippen molar-refractivity contribution in [3.63, 3.8) is 0 Å². The fraction of sp³-hybridized carbons (Fsp3) is 0. The minimum atomic E-state index is -0.285. The van der Waals surface area contributed by atoms with E-state index in [0.29, 0.717) is 26.5 Å². The number of pyridine rings is 1. The van der Waals surface area contributed by atoms with Gasteiger partial charge in [0, 0.05) is 17.6 Å². The van der Waals surface area contributed by atoms with E-state index in [0.717, 1.165) is 0 Å². The first-order valence-corrected chi connectivity index (χ1v) is 8.36. The number of hydrogen-bond donors (Lipinski definition) is 3. The number of amides is 2. The quantitative estimate of drug-likeness (QED) is 0.611. The molecule has 7 heteroatoms. The van der Waals surface area contributed by atoms with Crippen LogP contribution in [0.15, 0.2) is 60.1 Å². The zero-order valence-electron chi connectivity index (χ0n) is 12.4. The van der Waals surface area contributed by atoms with E-state index in [2.05, 4.69) is 15.6 Å². The summed E-state index contributed by atoms with van der Waals surface area (Å²) < 4.78 is 0.384. The Kier molecular flexibility index (Phi) is 4.83. The molecule has 2 amide bonds. The maximum atomic E-state index is 12.2. The third-order valence-corrected chi connectivity index (χ3v) is 4.41. The van der Waals surface area contributed by atoms with Gasteiger partial charge in [-0.25, -0.2) is 0 Å². The number of benzene rings is 1. The molecule has 3 aromatic rings. The monoisotopic (exact) mass is 355 g/mol. The topological polar surface area (TPSA) is 74.0 Å². The first-order chi connectivity index (χ1) is 11.6. The molecule has 3 rings (SSSR count). The molecule has 0 aliphatic heterocycles. The number of rotatable bonds is 4. The van der Waals surface area contributed by atoms with Crippen LogP contribution in [0.2, 0.25) is 0 Å². The summed E-state index contributed by atoms with van der Waals surface area (Å²) in [6.07, 6.45) is 1.67. The van der Waals surface area contributed by atoms with Crippen LogP contribution in [0.25, 0.3) is 0 Å². The molecule has 2 aromatic heterocycles. The highest BCUT2D eigenvalue weighted by Crippen LogP contribution is 2.17. The van der Waals surface area contributed by atoms with Gasteiger partial charge >= 0.3 is 0 Å². The van der Waals surface area contributed by atoms with Crippen molar-refractivity contribution in [2.45, 2.75) is 0 Å². The van der Waals surface area contributed by atoms with Gasteiger partial charge in [-0.1, -0.05) is 18.3 Å². The van der Waals surface area contributed by atoms with E-state index < -0.39 is 0 Å². The molecule has 3 N–H and O–H groups in total.